The fourth-order valence-electron chi connectivity index (χ4n) is 1.28. The zero-order valence-electron chi connectivity index (χ0n) is 7.84. The van der Waals surface area contributed by atoms with E-state index < -0.39 is 0 Å². The van der Waals surface area contributed by atoms with Crippen LogP contribution in [0.2, 0.25) is 0 Å². The van der Waals surface area contributed by atoms with Crippen LogP contribution in [-0.4, -0.2) is 18.5 Å². The fraction of sp³-hybridized carbons (Fsp3) is 0.889. The first-order valence-corrected chi connectivity index (χ1v) is 4.69. The van der Waals surface area contributed by atoms with Crippen molar-refractivity contribution in [2.75, 3.05) is 6.54 Å². The molecule has 1 fully saturated rings. The summed E-state index contributed by atoms with van der Waals surface area (Å²) in [4.78, 5) is 11.4. The Morgan fingerprint density at radius 2 is 2.33 bits per heavy atom. The average molecular weight is 170 g/mol. The predicted octanol–water partition coefficient (Wildman–Crippen LogP) is 0.496. The summed E-state index contributed by atoms with van der Waals surface area (Å²) in [5.41, 5.74) is 5.45. The minimum Gasteiger partial charge on any atom is -0.353 e. The Morgan fingerprint density at radius 3 is 2.67 bits per heavy atom. The monoisotopic (exact) mass is 170 g/mol. The molecule has 1 aliphatic rings. The van der Waals surface area contributed by atoms with E-state index in [1.165, 1.54) is 0 Å². The van der Waals surface area contributed by atoms with Gasteiger partial charge in [-0.25, -0.2) is 0 Å². The van der Waals surface area contributed by atoms with Gasteiger partial charge in [0, 0.05) is 18.5 Å². The Morgan fingerprint density at radius 1 is 1.75 bits per heavy atom. The Bertz CT molecular complexity index is 166. The van der Waals surface area contributed by atoms with Crippen LogP contribution in [0.3, 0.4) is 0 Å². The van der Waals surface area contributed by atoms with Crippen LogP contribution in [0.15, 0.2) is 0 Å². The lowest BCUT2D eigenvalue weighted by atomic mass is 10.1. The summed E-state index contributed by atoms with van der Waals surface area (Å²) >= 11 is 0. The highest BCUT2D eigenvalue weighted by Crippen LogP contribution is 2.29. The molecular weight excluding hydrogens is 152 g/mol. The number of hydrogen-bond donors (Lipinski definition) is 2. The van der Waals surface area contributed by atoms with Crippen molar-refractivity contribution < 1.29 is 4.79 Å². The van der Waals surface area contributed by atoms with Gasteiger partial charge in [0.2, 0.25) is 5.91 Å². The second-order valence-corrected chi connectivity index (χ2v) is 3.67. The SMILES string of the molecule is CCC(CN)C(=O)NC1CC1C. The molecule has 3 N–H and O–H groups in total. The highest BCUT2D eigenvalue weighted by atomic mass is 16.2. The highest BCUT2D eigenvalue weighted by molar-refractivity contribution is 5.79. The minimum atomic E-state index is 0.0119. The summed E-state index contributed by atoms with van der Waals surface area (Å²) in [6, 6.07) is 0.429. The molecule has 0 heterocycles. The van der Waals surface area contributed by atoms with Gasteiger partial charge in [-0.1, -0.05) is 13.8 Å². The number of carbonyl (C=O) groups excluding carboxylic acids is 1. The molecule has 70 valence electrons. The van der Waals surface area contributed by atoms with Crippen molar-refractivity contribution in [1.29, 1.82) is 0 Å². The van der Waals surface area contributed by atoms with E-state index in [0.29, 0.717) is 18.5 Å². The molecular formula is C9H18N2O. The van der Waals surface area contributed by atoms with Crippen LogP contribution in [0.1, 0.15) is 26.7 Å². The summed E-state index contributed by atoms with van der Waals surface area (Å²) in [5.74, 6) is 0.816. The maximum absolute atomic E-state index is 11.4. The van der Waals surface area contributed by atoms with Gasteiger partial charge in [0.25, 0.3) is 0 Å². The van der Waals surface area contributed by atoms with Crippen LogP contribution in [0.5, 0.6) is 0 Å². The molecule has 0 aromatic heterocycles. The molecule has 1 rings (SSSR count). The van der Waals surface area contributed by atoms with Crippen LogP contribution >= 0.6 is 0 Å². The number of nitrogens with two attached hydrogens (primary N) is 1. The smallest absolute Gasteiger partial charge is 0.224 e. The minimum absolute atomic E-state index is 0.0119. The number of amides is 1. The molecule has 3 heteroatoms. The van der Waals surface area contributed by atoms with Gasteiger partial charge in [0.15, 0.2) is 0 Å². The fourth-order valence-corrected chi connectivity index (χ4v) is 1.28. The van der Waals surface area contributed by atoms with E-state index in [4.69, 9.17) is 5.73 Å². The van der Waals surface area contributed by atoms with E-state index in [-0.39, 0.29) is 11.8 Å². The molecule has 1 aliphatic carbocycles. The highest BCUT2D eigenvalue weighted by Gasteiger charge is 2.34. The van der Waals surface area contributed by atoms with E-state index in [9.17, 15) is 4.79 Å². The zero-order chi connectivity index (χ0) is 9.14. The summed E-state index contributed by atoms with van der Waals surface area (Å²) in [6.07, 6.45) is 1.97. The number of carbonyl (C=O) groups is 1. The Balaban J connectivity index is 2.26. The molecule has 0 aromatic carbocycles. The van der Waals surface area contributed by atoms with E-state index in [1.54, 1.807) is 0 Å². The molecule has 0 radical (unpaired) electrons. The lowest BCUT2D eigenvalue weighted by Gasteiger charge is -2.11. The molecule has 0 bridgehead atoms. The zero-order valence-corrected chi connectivity index (χ0v) is 7.84. The Labute approximate surface area is 73.7 Å². The van der Waals surface area contributed by atoms with Crippen LogP contribution in [0.4, 0.5) is 0 Å². The average Bonchev–Trinajstić information content (AvgIpc) is 2.69. The summed E-state index contributed by atoms with van der Waals surface area (Å²) in [6.45, 7) is 4.60. The number of hydrogen-bond acceptors (Lipinski definition) is 2. The first kappa shape index (κ1) is 9.52. The second kappa shape index (κ2) is 3.90. The third-order valence-electron chi connectivity index (χ3n) is 2.59. The maximum atomic E-state index is 11.4. The van der Waals surface area contributed by atoms with Gasteiger partial charge in [0.1, 0.15) is 0 Å². The molecule has 12 heavy (non-hydrogen) atoms. The molecule has 0 saturated heterocycles. The predicted molar refractivity (Wildman–Crippen MR) is 48.5 cm³/mol. The molecule has 0 spiro atoms. The molecule has 3 unspecified atom stereocenters. The van der Waals surface area contributed by atoms with E-state index in [0.717, 1.165) is 12.8 Å². The maximum Gasteiger partial charge on any atom is 0.224 e. The van der Waals surface area contributed by atoms with Crippen molar-refractivity contribution in [2.24, 2.45) is 17.6 Å². The topological polar surface area (TPSA) is 55.1 Å². The second-order valence-electron chi connectivity index (χ2n) is 3.67. The van der Waals surface area contributed by atoms with Crippen LogP contribution in [-0.2, 0) is 4.79 Å². The van der Waals surface area contributed by atoms with Gasteiger partial charge in [-0.05, 0) is 18.8 Å². The quantitative estimate of drug-likeness (QED) is 0.645. The van der Waals surface area contributed by atoms with Gasteiger partial charge in [-0.15, -0.1) is 0 Å². The van der Waals surface area contributed by atoms with Crippen LogP contribution < -0.4 is 11.1 Å². The third-order valence-corrected chi connectivity index (χ3v) is 2.59. The van der Waals surface area contributed by atoms with Crippen molar-refractivity contribution in [3.05, 3.63) is 0 Å². The van der Waals surface area contributed by atoms with Crippen molar-refractivity contribution in [3.63, 3.8) is 0 Å². The Hall–Kier alpha value is -0.570. The van der Waals surface area contributed by atoms with Gasteiger partial charge in [-0.3, -0.25) is 4.79 Å². The van der Waals surface area contributed by atoms with E-state index in [2.05, 4.69) is 12.2 Å². The number of nitrogens with one attached hydrogen (secondary N) is 1. The third kappa shape index (κ3) is 2.21. The molecule has 0 aliphatic heterocycles. The Kier molecular flexibility index (Phi) is 3.09. The number of rotatable bonds is 4. The van der Waals surface area contributed by atoms with Gasteiger partial charge >= 0.3 is 0 Å². The molecule has 0 aromatic rings. The molecule has 1 amide bonds. The van der Waals surface area contributed by atoms with Crippen molar-refractivity contribution in [1.82, 2.24) is 5.32 Å². The lowest BCUT2D eigenvalue weighted by Crippen LogP contribution is -2.36. The van der Waals surface area contributed by atoms with Crippen LogP contribution in [0, 0.1) is 11.8 Å². The first-order chi connectivity index (χ1) is 5.69. The van der Waals surface area contributed by atoms with E-state index >= 15 is 0 Å². The molecule has 3 atom stereocenters. The standard InChI is InChI=1S/C9H18N2O/c1-3-7(5-10)9(12)11-8-4-6(8)2/h6-8H,3-5,10H2,1-2H3,(H,11,12). The van der Waals surface area contributed by atoms with E-state index in [1.807, 2.05) is 6.92 Å². The summed E-state index contributed by atoms with van der Waals surface area (Å²) in [7, 11) is 0. The largest absolute Gasteiger partial charge is 0.353 e. The summed E-state index contributed by atoms with van der Waals surface area (Å²) < 4.78 is 0. The van der Waals surface area contributed by atoms with Crippen LogP contribution in [0.25, 0.3) is 0 Å². The summed E-state index contributed by atoms with van der Waals surface area (Å²) in [5, 5.41) is 2.99. The van der Waals surface area contributed by atoms with Crippen molar-refractivity contribution >= 4 is 5.91 Å². The van der Waals surface area contributed by atoms with Crippen molar-refractivity contribution in [3.8, 4) is 0 Å². The lowest BCUT2D eigenvalue weighted by molar-refractivity contribution is -0.125. The van der Waals surface area contributed by atoms with Gasteiger partial charge in [0.05, 0.1) is 0 Å². The normalized spacial score (nSPS) is 29.6. The van der Waals surface area contributed by atoms with Gasteiger partial charge < -0.3 is 11.1 Å². The van der Waals surface area contributed by atoms with Crippen molar-refractivity contribution in [2.45, 2.75) is 32.7 Å². The first-order valence-electron chi connectivity index (χ1n) is 4.69. The molecule has 1 saturated carbocycles. The van der Waals surface area contributed by atoms with Gasteiger partial charge in [-0.2, -0.15) is 0 Å². The molecule has 3 nitrogen and oxygen atoms in total.